The number of aliphatic hydroxyl groups excluding tert-OH is 1. The van der Waals surface area contributed by atoms with Gasteiger partial charge in [0.05, 0.1) is 12.2 Å². The Labute approximate surface area is 138 Å². The molecule has 3 saturated heterocycles. The van der Waals surface area contributed by atoms with E-state index >= 15 is 0 Å². The summed E-state index contributed by atoms with van der Waals surface area (Å²) in [6, 6.07) is 8.63. The summed E-state index contributed by atoms with van der Waals surface area (Å²) in [6.07, 6.45) is -2.57. The van der Waals surface area contributed by atoms with Gasteiger partial charge in [0.2, 0.25) is 0 Å². The summed E-state index contributed by atoms with van der Waals surface area (Å²) in [5.74, 6) is -0.504. The Kier molecular flexibility index (Phi) is 4.11. The Morgan fingerprint density at radius 1 is 1.12 bits per heavy atom. The van der Waals surface area contributed by atoms with E-state index in [4.69, 9.17) is 23.7 Å². The van der Waals surface area contributed by atoms with E-state index in [1.165, 1.54) is 0 Å². The Bertz CT molecular complexity index is 619. The van der Waals surface area contributed by atoms with Crippen LogP contribution in [0, 0.1) is 0 Å². The maximum Gasteiger partial charge on any atom is 0.338 e. The molecule has 3 heterocycles. The van der Waals surface area contributed by atoms with Crippen LogP contribution in [0.2, 0.25) is 0 Å². The van der Waals surface area contributed by atoms with Crippen LogP contribution in [0.1, 0.15) is 10.4 Å². The fourth-order valence-electron chi connectivity index (χ4n) is 3.36. The molecule has 1 aliphatic carbocycles. The Morgan fingerprint density at radius 2 is 1.79 bits per heavy atom. The summed E-state index contributed by atoms with van der Waals surface area (Å²) in [7, 11) is 0. The molecule has 1 unspecified atom stereocenters. The van der Waals surface area contributed by atoms with Gasteiger partial charge in [-0.25, -0.2) is 4.79 Å². The molecule has 4 bridgehead atoms. The van der Waals surface area contributed by atoms with E-state index in [1.807, 2.05) is 6.07 Å². The van der Waals surface area contributed by atoms with Gasteiger partial charge in [-0.15, -0.1) is 6.58 Å². The van der Waals surface area contributed by atoms with Gasteiger partial charge in [-0.3, -0.25) is 0 Å². The van der Waals surface area contributed by atoms with E-state index in [9.17, 15) is 9.90 Å². The summed E-state index contributed by atoms with van der Waals surface area (Å²) in [4.78, 5) is 12.4. The van der Waals surface area contributed by atoms with Gasteiger partial charge in [-0.2, -0.15) is 0 Å². The first-order valence-corrected chi connectivity index (χ1v) is 7.82. The first-order valence-electron chi connectivity index (χ1n) is 7.82. The molecular formula is C17H18O7. The smallest absolute Gasteiger partial charge is 0.338 e. The highest BCUT2D eigenvalue weighted by Crippen LogP contribution is 2.42. The molecule has 7 atom stereocenters. The number of aliphatic hydroxyl groups is 1. The molecule has 1 aromatic carbocycles. The number of hydrogen-bond donors (Lipinski definition) is 1. The first kappa shape index (κ1) is 15.7. The zero-order valence-electron chi connectivity index (χ0n) is 12.8. The highest BCUT2D eigenvalue weighted by atomic mass is 16.9. The second-order valence-corrected chi connectivity index (χ2v) is 5.90. The molecule has 4 aliphatic rings. The van der Waals surface area contributed by atoms with E-state index in [1.54, 1.807) is 30.3 Å². The van der Waals surface area contributed by atoms with Crippen molar-refractivity contribution in [3.63, 3.8) is 0 Å². The van der Waals surface area contributed by atoms with Crippen LogP contribution in [0.5, 0.6) is 0 Å². The van der Waals surface area contributed by atoms with Crippen LogP contribution in [0.3, 0.4) is 0 Å². The van der Waals surface area contributed by atoms with Crippen LogP contribution in [-0.4, -0.2) is 60.8 Å². The molecule has 7 nitrogen and oxygen atoms in total. The third kappa shape index (κ3) is 2.54. The van der Waals surface area contributed by atoms with Crippen LogP contribution in [0.15, 0.2) is 43.0 Å². The predicted molar refractivity (Wildman–Crippen MR) is 80.0 cm³/mol. The quantitative estimate of drug-likeness (QED) is 0.624. The lowest BCUT2D eigenvalue weighted by Gasteiger charge is -2.57. The maximum absolute atomic E-state index is 12.4. The summed E-state index contributed by atoms with van der Waals surface area (Å²) in [5, 5.41) is 10.4. The maximum atomic E-state index is 12.4. The van der Waals surface area contributed by atoms with Gasteiger partial charge in [-0.05, 0) is 12.1 Å². The van der Waals surface area contributed by atoms with Crippen LogP contribution in [0.25, 0.3) is 0 Å². The normalized spacial score (nSPS) is 39.6. The summed E-state index contributed by atoms with van der Waals surface area (Å²) < 4.78 is 27.9. The van der Waals surface area contributed by atoms with E-state index in [0.717, 1.165) is 0 Å². The summed E-state index contributed by atoms with van der Waals surface area (Å²) in [5.41, 5.74) is 0.417. The van der Waals surface area contributed by atoms with Gasteiger partial charge in [0, 0.05) is 0 Å². The van der Waals surface area contributed by atoms with Crippen LogP contribution in [0.4, 0.5) is 0 Å². The Balaban J connectivity index is 1.56. The molecule has 0 spiro atoms. The van der Waals surface area contributed by atoms with Crippen molar-refractivity contribution in [2.45, 2.75) is 43.1 Å². The molecular weight excluding hydrogens is 316 g/mol. The number of hydrogen-bond acceptors (Lipinski definition) is 7. The standard InChI is InChI=1S/C17H18O7/c1-2-8-20-13-11-10(18)12-14(15(13)24-17(22-11)23-12)21-16(19)9-6-4-3-5-7-9/h2-7,10-15,17-18H,1,8H2/t10-,11-,12+,13+,14+,15-,17?/m0/s1. The molecule has 7 heteroatoms. The van der Waals surface area contributed by atoms with Gasteiger partial charge >= 0.3 is 5.97 Å². The minimum Gasteiger partial charge on any atom is -0.453 e. The molecule has 24 heavy (non-hydrogen) atoms. The van der Waals surface area contributed by atoms with Crippen molar-refractivity contribution in [3.05, 3.63) is 48.6 Å². The molecule has 1 saturated carbocycles. The predicted octanol–water partition coefficient (Wildman–Crippen LogP) is 0.624. The highest BCUT2D eigenvalue weighted by Gasteiger charge is 2.63. The number of benzene rings is 1. The second-order valence-electron chi connectivity index (χ2n) is 5.90. The monoisotopic (exact) mass is 334 g/mol. The number of carbonyl (C=O) groups is 1. The third-order valence-corrected chi connectivity index (χ3v) is 4.43. The van der Waals surface area contributed by atoms with E-state index in [2.05, 4.69) is 6.58 Å². The molecule has 0 radical (unpaired) electrons. The number of ether oxygens (including phenoxy) is 5. The molecule has 4 fully saturated rings. The molecule has 5 rings (SSSR count). The first-order chi connectivity index (χ1) is 11.7. The second kappa shape index (κ2) is 6.27. The average molecular weight is 334 g/mol. The molecule has 0 amide bonds. The van der Waals surface area contributed by atoms with Crippen molar-refractivity contribution in [1.82, 2.24) is 0 Å². The van der Waals surface area contributed by atoms with Crippen molar-refractivity contribution in [3.8, 4) is 0 Å². The average Bonchev–Trinajstić information content (AvgIpc) is 2.61. The zero-order valence-corrected chi connectivity index (χ0v) is 12.8. The highest BCUT2D eigenvalue weighted by molar-refractivity contribution is 5.89. The molecule has 1 aromatic rings. The van der Waals surface area contributed by atoms with Crippen molar-refractivity contribution < 1.29 is 33.6 Å². The van der Waals surface area contributed by atoms with Gasteiger partial charge in [-0.1, -0.05) is 24.3 Å². The molecule has 3 aliphatic heterocycles. The van der Waals surface area contributed by atoms with Gasteiger partial charge in [0.1, 0.15) is 30.5 Å². The lowest BCUT2D eigenvalue weighted by atomic mass is 9.82. The number of carbonyl (C=O) groups excluding carboxylic acids is 1. The SMILES string of the molecule is C=CCO[C@H]1[C@@H]2OC3O[C@H]([C@@H](O)[C@@H]1O3)[C@H]2OC(=O)c1ccccc1. The summed E-state index contributed by atoms with van der Waals surface area (Å²) >= 11 is 0. The van der Waals surface area contributed by atoms with Crippen molar-refractivity contribution >= 4 is 5.97 Å². The minimum atomic E-state index is -0.968. The topological polar surface area (TPSA) is 83.5 Å². The number of rotatable bonds is 5. The zero-order chi connectivity index (χ0) is 16.7. The lowest BCUT2D eigenvalue weighted by molar-refractivity contribution is -0.482. The van der Waals surface area contributed by atoms with E-state index in [0.29, 0.717) is 5.56 Å². The Morgan fingerprint density at radius 3 is 2.50 bits per heavy atom. The van der Waals surface area contributed by atoms with E-state index in [-0.39, 0.29) is 6.61 Å². The van der Waals surface area contributed by atoms with Crippen molar-refractivity contribution in [2.24, 2.45) is 0 Å². The van der Waals surface area contributed by atoms with Gasteiger partial charge < -0.3 is 28.8 Å². The number of esters is 1. The van der Waals surface area contributed by atoms with Gasteiger partial charge in [0.15, 0.2) is 6.10 Å². The van der Waals surface area contributed by atoms with Gasteiger partial charge in [0.25, 0.3) is 6.48 Å². The summed E-state index contributed by atoms with van der Waals surface area (Å²) in [6.45, 7) is 3.01. The molecule has 1 N–H and O–H groups in total. The lowest BCUT2D eigenvalue weighted by Crippen LogP contribution is -2.76. The molecule has 0 aromatic heterocycles. The van der Waals surface area contributed by atoms with E-state index < -0.39 is 49.1 Å². The third-order valence-electron chi connectivity index (χ3n) is 4.43. The largest absolute Gasteiger partial charge is 0.453 e. The fourth-order valence-corrected chi connectivity index (χ4v) is 3.36. The van der Waals surface area contributed by atoms with Crippen molar-refractivity contribution in [2.75, 3.05) is 6.61 Å². The van der Waals surface area contributed by atoms with Crippen LogP contribution >= 0.6 is 0 Å². The molecule has 128 valence electrons. The Hall–Kier alpha value is -1.77. The van der Waals surface area contributed by atoms with Crippen molar-refractivity contribution in [1.29, 1.82) is 0 Å². The minimum absolute atomic E-state index is 0.270. The fraction of sp³-hybridized carbons (Fsp3) is 0.471. The van der Waals surface area contributed by atoms with Crippen LogP contribution in [-0.2, 0) is 23.7 Å². The van der Waals surface area contributed by atoms with Crippen LogP contribution < -0.4 is 0 Å².